The number of hydrogen-bond acceptors (Lipinski definition) is 7. The SMILES string of the molecule is Cc1cc(NC(C)(C)C)ncc1-c1sc(C(=O)N[C@@H](C)C(C)(C)O)nc1C(=O)N1CCC[C@@H]1C. The minimum absolute atomic E-state index is 0.132. The fourth-order valence-corrected chi connectivity index (χ4v) is 4.83. The van der Waals surface area contributed by atoms with Crippen LogP contribution in [0.5, 0.6) is 0 Å². The molecule has 34 heavy (non-hydrogen) atoms. The Hall–Kier alpha value is -2.52. The molecule has 2 atom stereocenters. The standard InChI is InChI=1S/C25H37N5O3S/c1-14-12-18(29-24(4,5)6)26-13-17(14)20-19(23(32)30-11-9-10-15(30)2)28-22(34-20)21(31)27-16(3)25(7,8)33/h12-13,15-16,33H,9-11H2,1-8H3,(H,26,29)(H,27,31)/t15-,16-/m0/s1. The van der Waals surface area contributed by atoms with Crippen molar-refractivity contribution >= 4 is 29.0 Å². The Kier molecular flexibility index (Phi) is 7.38. The number of nitrogens with one attached hydrogen (secondary N) is 2. The highest BCUT2D eigenvalue weighted by Gasteiger charge is 2.33. The summed E-state index contributed by atoms with van der Waals surface area (Å²) in [5.41, 5.74) is 0.769. The van der Waals surface area contributed by atoms with Gasteiger partial charge in [0.1, 0.15) is 11.5 Å². The highest BCUT2D eigenvalue weighted by molar-refractivity contribution is 7.17. The zero-order valence-electron chi connectivity index (χ0n) is 21.4. The molecule has 1 aliphatic rings. The van der Waals surface area contributed by atoms with Crippen molar-refractivity contribution in [3.05, 3.63) is 28.5 Å². The average Bonchev–Trinajstić information content (AvgIpc) is 3.32. The van der Waals surface area contributed by atoms with E-state index in [-0.39, 0.29) is 28.2 Å². The van der Waals surface area contributed by atoms with Gasteiger partial charge in [0, 0.05) is 29.9 Å². The molecule has 0 aliphatic carbocycles. The van der Waals surface area contributed by atoms with Crippen molar-refractivity contribution in [3.8, 4) is 10.4 Å². The van der Waals surface area contributed by atoms with Crippen molar-refractivity contribution in [2.45, 2.75) is 91.5 Å². The molecule has 186 valence electrons. The van der Waals surface area contributed by atoms with Gasteiger partial charge >= 0.3 is 0 Å². The molecule has 0 aromatic carbocycles. The molecule has 0 saturated carbocycles. The lowest BCUT2D eigenvalue weighted by Crippen LogP contribution is -2.47. The van der Waals surface area contributed by atoms with Gasteiger partial charge in [0.15, 0.2) is 5.01 Å². The topological polar surface area (TPSA) is 107 Å². The highest BCUT2D eigenvalue weighted by Crippen LogP contribution is 2.35. The van der Waals surface area contributed by atoms with Crippen molar-refractivity contribution < 1.29 is 14.7 Å². The van der Waals surface area contributed by atoms with Crippen LogP contribution in [0.4, 0.5) is 5.82 Å². The number of amides is 2. The monoisotopic (exact) mass is 487 g/mol. The predicted molar refractivity (Wildman–Crippen MR) is 136 cm³/mol. The zero-order valence-corrected chi connectivity index (χ0v) is 22.3. The smallest absolute Gasteiger partial charge is 0.280 e. The van der Waals surface area contributed by atoms with E-state index in [0.29, 0.717) is 11.4 Å². The summed E-state index contributed by atoms with van der Waals surface area (Å²) in [7, 11) is 0. The fraction of sp³-hybridized carbons (Fsp3) is 0.600. The van der Waals surface area contributed by atoms with Gasteiger partial charge in [0.2, 0.25) is 0 Å². The van der Waals surface area contributed by atoms with Crippen molar-refractivity contribution in [2.75, 3.05) is 11.9 Å². The van der Waals surface area contributed by atoms with E-state index in [0.717, 1.165) is 29.8 Å². The van der Waals surface area contributed by atoms with E-state index in [9.17, 15) is 14.7 Å². The van der Waals surface area contributed by atoms with E-state index in [1.54, 1.807) is 27.0 Å². The first-order chi connectivity index (χ1) is 15.7. The van der Waals surface area contributed by atoms with Crippen molar-refractivity contribution in [1.29, 1.82) is 0 Å². The molecule has 0 radical (unpaired) electrons. The Bertz CT molecular complexity index is 1070. The Morgan fingerprint density at radius 2 is 1.94 bits per heavy atom. The van der Waals surface area contributed by atoms with Crippen LogP contribution >= 0.6 is 11.3 Å². The van der Waals surface area contributed by atoms with Crippen LogP contribution < -0.4 is 10.6 Å². The van der Waals surface area contributed by atoms with Crippen LogP contribution in [0, 0.1) is 6.92 Å². The van der Waals surface area contributed by atoms with E-state index in [1.807, 2.05) is 24.8 Å². The number of rotatable bonds is 6. The number of aryl methyl sites for hydroxylation is 1. The average molecular weight is 488 g/mol. The molecule has 0 unspecified atom stereocenters. The first-order valence-corrected chi connectivity index (χ1v) is 12.6. The van der Waals surface area contributed by atoms with Gasteiger partial charge in [-0.2, -0.15) is 0 Å². The summed E-state index contributed by atoms with van der Waals surface area (Å²) >= 11 is 1.18. The van der Waals surface area contributed by atoms with Gasteiger partial charge in [-0.25, -0.2) is 9.97 Å². The quantitative estimate of drug-likeness (QED) is 0.563. The molecule has 1 aliphatic heterocycles. The number of likely N-dealkylation sites (tertiary alicyclic amines) is 1. The lowest BCUT2D eigenvalue weighted by atomic mass is 10.0. The fourth-order valence-electron chi connectivity index (χ4n) is 3.80. The summed E-state index contributed by atoms with van der Waals surface area (Å²) in [5.74, 6) is 0.171. The Morgan fingerprint density at radius 3 is 2.47 bits per heavy atom. The first kappa shape index (κ1) is 26.1. The second-order valence-corrected chi connectivity index (χ2v) is 11.8. The number of carbonyl (C=O) groups excluding carboxylic acids is 2. The highest BCUT2D eigenvalue weighted by atomic mass is 32.1. The minimum Gasteiger partial charge on any atom is -0.388 e. The largest absolute Gasteiger partial charge is 0.388 e. The second kappa shape index (κ2) is 9.62. The molecule has 2 aromatic heterocycles. The Balaban J connectivity index is 2.03. The van der Waals surface area contributed by atoms with Crippen LogP contribution in [-0.4, -0.2) is 61.6 Å². The number of aliphatic hydroxyl groups is 1. The molecular formula is C25H37N5O3S. The minimum atomic E-state index is -1.09. The molecule has 1 saturated heterocycles. The van der Waals surface area contributed by atoms with Crippen LogP contribution in [0.25, 0.3) is 10.4 Å². The van der Waals surface area contributed by atoms with E-state index in [4.69, 9.17) is 0 Å². The lowest BCUT2D eigenvalue weighted by molar-refractivity contribution is 0.0408. The number of aromatic nitrogens is 2. The number of anilines is 1. The lowest BCUT2D eigenvalue weighted by Gasteiger charge is -2.26. The molecular weight excluding hydrogens is 450 g/mol. The summed E-state index contributed by atoms with van der Waals surface area (Å²) in [6.45, 7) is 15.9. The van der Waals surface area contributed by atoms with Gasteiger partial charge in [-0.3, -0.25) is 9.59 Å². The zero-order chi connectivity index (χ0) is 25.4. The van der Waals surface area contributed by atoms with Crippen molar-refractivity contribution in [1.82, 2.24) is 20.2 Å². The maximum Gasteiger partial charge on any atom is 0.280 e. The third-order valence-corrected chi connectivity index (χ3v) is 7.19. The van der Waals surface area contributed by atoms with Crippen LogP contribution in [0.3, 0.4) is 0 Å². The van der Waals surface area contributed by atoms with Gasteiger partial charge < -0.3 is 20.6 Å². The Labute approximate surface area is 206 Å². The molecule has 1 fully saturated rings. The second-order valence-electron chi connectivity index (χ2n) is 10.8. The third kappa shape index (κ3) is 5.93. The summed E-state index contributed by atoms with van der Waals surface area (Å²) in [6.07, 6.45) is 3.65. The van der Waals surface area contributed by atoms with Gasteiger partial charge in [0.05, 0.1) is 16.5 Å². The number of hydrogen-bond donors (Lipinski definition) is 3. The summed E-state index contributed by atoms with van der Waals surface area (Å²) in [5, 5.41) is 16.6. The number of carbonyl (C=O) groups is 2. The van der Waals surface area contributed by atoms with E-state index < -0.39 is 17.6 Å². The number of pyridine rings is 1. The first-order valence-electron chi connectivity index (χ1n) is 11.8. The molecule has 9 heteroatoms. The Morgan fingerprint density at radius 1 is 1.26 bits per heavy atom. The van der Waals surface area contributed by atoms with Gasteiger partial charge in [-0.15, -0.1) is 11.3 Å². The van der Waals surface area contributed by atoms with Crippen LogP contribution in [0.15, 0.2) is 12.3 Å². The molecule has 2 aromatic rings. The number of thiazole rings is 1. The van der Waals surface area contributed by atoms with Crippen molar-refractivity contribution in [2.24, 2.45) is 0 Å². The van der Waals surface area contributed by atoms with Gasteiger partial charge in [-0.05, 0) is 79.9 Å². The van der Waals surface area contributed by atoms with Crippen LogP contribution in [0.2, 0.25) is 0 Å². The molecule has 0 spiro atoms. The third-order valence-electron chi connectivity index (χ3n) is 6.10. The summed E-state index contributed by atoms with van der Waals surface area (Å²) < 4.78 is 0. The molecule has 0 bridgehead atoms. The normalized spacial score (nSPS) is 17.6. The summed E-state index contributed by atoms with van der Waals surface area (Å²) in [6, 6.07) is 1.59. The maximum atomic E-state index is 13.5. The molecule has 3 N–H and O–H groups in total. The van der Waals surface area contributed by atoms with E-state index in [2.05, 4.69) is 41.4 Å². The predicted octanol–water partition coefficient (Wildman–Crippen LogP) is 4.24. The molecule has 3 heterocycles. The molecule has 3 rings (SSSR count). The maximum absolute atomic E-state index is 13.5. The molecule has 8 nitrogen and oxygen atoms in total. The summed E-state index contributed by atoms with van der Waals surface area (Å²) in [4.78, 5) is 38.0. The van der Waals surface area contributed by atoms with Gasteiger partial charge in [-0.1, -0.05) is 0 Å². The number of nitrogens with zero attached hydrogens (tertiary/aromatic N) is 3. The van der Waals surface area contributed by atoms with Crippen LogP contribution in [0.1, 0.15) is 87.2 Å². The van der Waals surface area contributed by atoms with Gasteiger partial charge in [0.25, 0.3) is 11.8 Å². The van der Waals surface area contributed by atoms with E-state index in [1.165, 1.54) is 11.3 Å². The van der Waals surface area contributed by atoms with E-state index >= 15 is 0 Å². The van der Waals surface area contributed by atoms with Crippen LogP contribution in [-0.2, 0) is 0 Å². The molecule has 2 amide bonds. The van der Waals surface area contributed by atoms with Crippen molar-refractivity contribution in [3.63, 3.8) is 0 Å².